The van der Waals surface area contributed by atoms with E-state index in [9.17, 15) is 26.3 Å². The molecule has 0 atom stereocenters. The molecule has 0 heterocycles. The number of alkyl halides is 4. The molecule has 2 aliphatic rings. The second kappa shape index (κ2) is 15.6. The Morgan fingerprint density at radius 3 is 1.40 bits per heavy atom. The van der Waals surface area contributed by atoms with E-state index in [0.717, 1.165) is 89.2 Å². The molecule has 40 heavy (non-hydrogen) atoms. The van der Waals surface area contributed by atoms with Crippen LogP contribution >= 0.6 is 0 Å². The predicted molar refractivity (Wildman–Crippen MR) is 146 cm³/mol. The number of ether oxygens (including phenoxy) is 2. The maximum Gasteiger partial charge on any atom is 0.281 e. The van der Waals surface area contributed by atoms with Crippen LogP contribution < -0.4 is 9.47 Å². The molecule has 0 radical (unpaired) electrons. The fourth-order valence-corrected chi connectivity index (χ4v) is 6.61. The minimum absolute atomic E-state index is 0.119. The van der Waals surface area contributed by atoms with Crippen molar-refractivity contribution in [3.05, 3.63) is 23.8 Å². The van der Waals surface area contributed by atoms with Crippen LogP contribution in [0.2, 0.25) is 0 Å². The van der Waals surface area contributed by atoms with Crippen LogP contribution in [0.15, 0.2) is 12.1 Å². The Hall–Kier alpha value is -1.60. The molecule has 2 saturated carbocycles. The van der Waals surface area contributed by atoms with E-state index in [2.05, 4.69) is 13.8 Å². The molecule has 0 saturated heterocycles. The van der Waals surface area contributed by atoms with E-state index in [1.54, 1.807) is 0 Å². The maximum absolute atomic E-state index is 14.6. The minimum Gasteiger partial charge on any atom is -0.484 e. The van der Waals surface area contributed by atoms with Gasteiger partial charge in [0.15, 0.2) is 24.7 Å². The summed E-state index contributed by atoms with van der Waals surface area (Å²) in [5, 5.41) is 0. The van der Waals surface area contributed by atoms with Crippen molar-refractivity contribution in [2.45, 2.75) is 128 Å². The van der Waals surface area contributed by atoms with E-state index < -0.39 is 48.2 Å². The fraction of sp³-hybridized carbons (Fsp3) is 0.812. The molecule has 0 N–H and O–H groups in total. The standard InChI is InChI=1S/C32H48F6O2/c1-3-5-6-8-24-11-15-26(16-12-24)20-32(37,38)22-40-28-18-17-27(29(33)30(28)34)39-21-31(35,36)19-25-13-9-23(7-4-2)10-14-25/h17-18,23-26H,3-16,19-22H2,1-2H3. The number of rotatable bonds is 16. The van der Waals surface area contributed by atoms with E-state index in [0.29, 0.717) is 11.8 Å². The van der Waals surface area contributed by atoms with Gasteiger partial charge < -0.3 is 9.47 Å². The predicted octanol–water partition coefficient (Wildman–Crippen LogP) is 10.8. The van der Waals surface area contributed by atoms with E-state index in [1.807, 2.05) is 0 Å². The van der Waals surface area contributed by atoms with Crippen molar-refractivity contribution in [3.63, 3.8) is 0 Å². The molecule has 0 unspecified atom stereocenters. The van der Waals surface area contributed by atoms with Gasteiger partial charge in [-0.05, 0) is 61.5 Å². The second-order valence-electron chi connectivity index (χ2n) is 12.4. The lowest BCUT2D eigenvalue weighted by Crippen LogP contribution is -2.31. The lowest BCUT2D eigenvalue weighted by Gasteiger charge is -2.31. The zero-order valence-corrected chi connectivity index (χ0v) is 24.3. The van der Waals surface area contributed by atoms with Gasteiger partial charge in [0.05, 0.1) is 0 Å². The van der Waals surface area contributed by atoms with Gasteiger partial charge in [-0.15, -0.1) is 0 Å². The van der Waals surface area contributed by atoms with Crippen LogP contribution in [0.5, 0.6) is 11.5 Å². The fourth-order valence-electron chi connectivity index (χ4n) is 6.61. The van der Waals surface area contributed by atoms with Crippen LogP contribution in [-0.4, -0.2) is 25.1 Å². The number of unbranched alkanes of at least 4 members (excludes halogenated alkanes) is 2. The minimum atomic E-state index is -3.18. The van der Waals surface area contributed by atoms with Gasteiger partial charge in [-0.1, -0.05) is 78.1 Å². The maximum atomic E-state index is 14.6. The second-order valence-corrected chi connectivity index (χ2v) is 12.4. The Balaban J connectivity index is 1.43. The summed E-state index contributed by atoms with van der Waals surface area (Å²) in [6.07, 6.45) is 12.9. The van der Waals surface area contributed by atoms with Crippen molar-refractivity contribution < 1.29 is 35.8 Å². The topological polar surface area (TPSA) is 18.5 Å². The third-order valence-corrected chi connectivity index (χ3v) is 8.91. The number of hydrogen-bond donors (Lipinski definition) is 0. The van der Waals surface area contributed by atoms with E-state index in [-0.39, 0.29) is 24.7 Å². The summed E-state index contributed by atoms with van der Waals surface area (Å²) in [7, 11) is 0. The van der Waals surface area contributed by atoms with Gasteiger partial charge in [0, 0.05) is 12.8 Å². The average Bonchev–Trinajstić information content (AvgIpc) is 2.91. The molecule has 2 nitrogen and oxygen atoms in total. The van der Waals surface area contributed by atoms with Crippen LogP contribution in [-0.2, 0) is 0 Å². The highest BCUT2D eigenvalue weighted by Gasteiger charge is 2.37. The molecule has 0 spiro atoms. The lowest BCUT2D eigenvalue weighted by atomic mass is 9.77. The Bertz CT molecular complexity index is 876. The number of halogens is 6. The molecule has 1 aromatic rings. The normalized spacial score (nSPS) is 24.2. The largest absolute Gasteiger partial charge is 0.484 e. The van der Waals surface area contributed by atoms with Crippen LogP contribution in [0.3, 0.4) is 0 Å². The average molecular weight is 579 g/mol. The van der Waals surface area contributed by atoms with Gasteiger partial charge in [0.25, 0.3) is 11.8 Å². The summed E-state index contributed by atoms with van der Waals surface area (Å²) in [6.45, 7) is 2.14. The first kappa shape index (κ1) is 32.9. The molecule has 0 amide bonds. The molecule has 0 aliphatic heterocycles. The summed E-state index contributed by atoms with van der Waals surface area (Å²) in [6, 6.07) is 1.91. The summed E-state index contributed by atoms with van der Waals surface area (Å²) in [5.41, 5.74) is 0. The Morgan fingerprint density at radius 1 is 0.600 bits per heavy atom. The monoisotopic (exact) mass is 578 g/mol. The molecular weight excluding hydrogens is 530 g/mol. The molecule has 3 rings (SSSR count). The highest BCUT2D eigenvalue weighted by molar-refractivity contribution is 5.35. The molecule has 230 valence electrons. The molecule has 1 aromatic carbocycles. The van der Waals surface area contributed by atoms with Gasteiger partial charge in [-0.3, -0.25) is 0 Å². The van der Waals surface area contributed by atoms with Gasteiger partial charge in [-0.2, -0.15) is 8.78 Å². The van der Waals surface area contributed by atoms with Crippen LogP contribution in [0.1, 0.15) is 117 Å². The van der Waals surface area contributed by atoms with E-state index in [4.69, 9.17) is 9.47 Å². The van der Waals surface area contributed by atoms with Crippen molar-refractivity contribution in [1.29, 1.82) is 0 Å². The number of hydrogen-bond acceptors (Lipinski definition) is 2. The summed E-state index contributed by atoms with van der Waals surface area (Å²) < 4.78 is 97.3. The Morgan fingerprint density at radius 2 is 1.00 bits per heavy atom. The summed E-state index contributed by atoms with van der Waals surface area (Å²) in [4.78, 5) is 0. The van der Waals surface area contributed by atoms with Gasteiger partial charge in [-0.25, -0.2) is 17.6 Å². The Labute approximate surface area is 236 Å². The van der Waals surface area contributed by atoms with Gasteiger partial charge in [0.1, 0.15) is 0 Å². The molecule has 8 heteroatoms. The van der Waals surface area contributed by atoms with E-state index >= 15 is 0 Å². The smallest absolute Gasteiger partial charge is 0.281 e. The quantitative estimate of drug-likeness (QED) is 0.143. The highest BCUT2D eigenvalue weighted by Crippen LogP contribution is 2.40. The van der Waals surface area contributed by atoms with Crippen molar-refractivity contribution >= 4 is 0 Å². The van der Waals surface area contributed by atoms with Crippen molar-refractivity contribution in [1.82, 2.24) is 0 Å². The SMILES string of the molecule is CCCCCC1CCC(CC(F)(F)COc2ccc(OCC(F)(F)CC3CCC(CCC)CC3)c(F)c2F)CC1. The van der Waals surface area contributed by atoms with Crippen LogP contribution in [0.4, 0.5) is 26.3 Å². The third-order valence-electron chi connectivity index (χ3n) is 8.91. The molecule has 2 aliphatic carbocycles. The molecule has 0 bridgehead atoms. The van der Waals surface area contributed by atoms with Crippen LogP contribution in [0.25, 0.3) is 0 Å². The Kier molecular flexibility index (Phi) is 12.8. The summed E-state index contributed by atoms with van der Waals surface area (Å²) >= 11 is 0. The lowest BCUT2D eigenvalue weighted by molar-refractivity contribution is -0.0666. The van der Waals surface area contributed by atoms with Crippen molar-refractivity contribution in [3.8, 4) is 11.5 Å². The first-order chi connectivity index (χ1) is 19.0. The van der Waals surface area contributed by atoms with Gasteiger partial charge >= 0.3 is 0 Å². The van der Waals surface area contributed by atoms with Crippen LogP contribution in [0, 0.1) is 35.3 Å². The van der Waals surface area contributed by atoms with E-state index in [1.165, 1.54) is 12.8 Å². The number of benzene rings is 1. The highest BCUT2D eigenvalue weighted by atomic mass is 19.3. The van der Waals surface area contributed by atoms with Gasteiger partial charge in [0.2, 0.25) is 11.6 Å². The summed E-state index contributed by atoms with van der Waals surface area (Å²) in [5.74, 6) is -9.79. The zero-order valence-electron chi connectivity index (χ0n) is 24.3. The molecule has 2 fully saturated rings. The third kappa shape index (κ3) is 10.7. The first-order valence-electron chi connectivity index (χ1n) is 15.5. The first-order valence-corrected chi connectivity index (χ1v) is 15.5. The zero-order chi connectivity index (χ0) is 29.2. The molecule has 0 aromatic heterocycles. The van der Waals surface area contributed by atoms with Crippen molar-refractivity contribution in [2.24, 2.45) is 23.7 Å². The molecular formula is C32H48F6O2. The van der Waals surface area contributed by atoms with Crippen molar-refractivity contribution in [2.75, 3.05) is 13.2 Å².